The van der Waals surface area contributed by atoms with Crippen LogP contribution in [0.4, 0.5) is 11.5 Å². The minimum Gasteiger partial charge on any atom is -0.481 e. The second kappa shape index (κ2) is 3.49. The van der Waals surface area contributed by atoms with Gasteiger partial charge in [0, 0.05) is 13.1 Å². The second-order valence-electron chi connectivity index (χ2n) is 2.16. The maximum Gasteiger partial charge on any atom is 0.216 e. The summed E-state index contributed by atoms with van der Waals surface area (Å²) in [5.41, 5.74) is 6.03. The SMILES string of the molecule is CNc1nc(OC)cc(Cl)c1N. The van der Waals surface area contributed by atoms with Gasteiger partial charge >= 0.3 is 0 Å². The molecule has 0 atom stereocenters. The number of aromatic nitrogens is 1. The Balaban J connectivity index is 3.19. The van der Waals surface area contributed by atoms with Crippen LogP contribution in [0.2, 0.25) is 5.02 Å². The highest BCUT2D eigenvalue weighted by Crippen LogP contribution is 2.28. The molecule has 0 amide bonds. The van der Waals surface area contributed by atoms with Gasteiger partial charge in [-0.3, -0.25) is 0 Å². The summed E-state index contributed by atoms with van der Waals surface area (Å²) in [4.78, 5) is 4.03. The number of nitrogen functional groups attached to an aromatic ring is 1. The van der Waals surface area contributed by atoms with Crippen LogP contribution in [0.25, 0.3) is 0 Å². The molecule has 1 aromatic rings. The normalized spacial score (nSPS) is 9.58. The van der Waals surface area contributed by atoms with Gasteiger partial charge in [-0.1, -0.05) is 11.6 Å². The Morgan fingerprint density at radius 3 is 2.83 bits per heavy atom. The molecule has 0 radical (unpaired) electrons. The number of anilines is 2. The van der Waals surface area contributed by atoms with E-state index in [0.717, 1.165) is 0 Å². The molecule has 66 valence electrons. The lowest BCUT2D eigenvalue weighted by molar-refractivity contribution is 0.398. The lowest BCUT2D eigenvalue weighted by atomic mass is 10.4. The molecule has 3 N–H and O–H groups in total. The van der Waals surface area contributed by atoms with Crippen molar-refractivity contribution in [1.82, 2.24) is 4.98 Å². The van der Waals surface area contributed by atoms with Crippen molar-refractivity contribution in [2.45, 2.75) is 0 Å². The molecule has 0 aromatic carbocycles. The number of rotatable bonds is 2. The van der Waals surface area contributed by atoms with Crippen molar-refractivity contribution in [3.63, 3.8) is 0 Å². The number of pyridine rings is 1. The van der Waals surface area contributed by atoms with E-state index in [2.05, 4.69) is 10.3 Å². The van der Waals surface area contributed by atoms with Gasteiger partial charge in [-0.2, -0.15) is 4.98 Å². The molecule has 0 aliphatic rings. The molecule has 0 aliphatic heterocycles. The highest BCUT2D eigenvalue weighted by molar-refractivity contribution is 6.33. The number of hydrogen-bond acceptors (Lipinski definition) is 4. The Kier molecular flexibility index (Phi) is 2.60. The summed E-state index contributed by atoms with van der Waals surface area (Å²) < 4.78 is 4.90. The third-order valence-corrected chi connectivity index (χ3v) is 1.74. The Morgan fingerprint density at radius 1 is 1.67 bits per heavy atom. The monoisotopic (exact) mass is 187 g/mol. The average molecular weight is 188 g/mol. The van der Waals surface area contributed by atoms with E-state index in [-0.39, 0.29) is 0 Å². The number of nitrogens with zero attached hydrogens (tertiary/aromatic N) is 1. The smallest absolute Gasteiger partial charge is 0.216 e. The fraction of sp³-hybridized carbons (Fsp3) is 0.286. The molecule has 0 bridgehead atoms. The molecule has 0 unspecified atom stereocenters. The molecule has 4 nitrogen and oxygen atoms in total. The summed E-state index contributed by atoms with van der Waals surface area (Å²) >= 11 is 5.79. The zero-order valence-electron chi connectivity index (χ0n) is 6.89. The van der Waals surface area contributed by atoms with Gasteiger partial charge in [-0.05, 0) is 0 Å². The first kappa shape index (κ1) is 8.93. The lowest BCUT2D eigenvalue weighted by Gasteiger charge is -2.07. The summed E-state index contributed by atoms with van der Waals surface area (Å²) in [6.45, 7) is 0. The third kappa shape index (κ3) is 1.53. The maximum absolute atomic E-state index is 5.79. The van der Waals surface area contributed by atoms with E-state index in [1.807, 2.05) is 0 Å². The summed E-state index contributed by atoms with van der Waals surface area (Å²) in [5.74, 6) is 0.970. The molecule has 5 heteroatoms. The van der Waals surface area contributed by atoms with Crippen molar-refractivity contribution in [2.75, 3.05) is 25.2 Å². The molecule has 0 spiro atoms. The maximum atomic E-state index is 5.79. The van der Waals surface area contributed by atoms with Crippen molar-refractivity contribution < 1.29 is 4.74 Å². The van der Waals surface area contributed by atoms with E-state index in [4.69, 9.17) is 22.1 Å². The highest BCUT2D eigenvalue weighted by atomic mass is 35.5. The standard InChI is InChI=1S/C7H10ClN3O/c1-10-7-6(9)4(8)3-5(11-7)12-2/h3H,9H2,1-2H3,(H,10,11). The predicted octanol–water partition coefficient (Wildman–Crippen LogP) is 1.37. The van der Waals surface area contributed by atoms with Crippen LogP contribution in [-0.2, 0) is 0 Å². The van der Waals surface area contributed by atoms with Crippen molar-refractivity contribution in [1.29, 1.82) is 0 Å². The van der Waals surface area contributed by atoms with Crippen molar-refractivity contribution in [2.24, 2.45) is 0 Å². The number of methoxy groups -OCH3 is 1. The summed E-state index contributed by atoms with van der Waals surface area (Å²) in [7, 11) is 3.24. The zero-order valence-corrected chi connectivity index (χ0v) is 7.64. The molecule has 0 fully saturated rings. The van der Waals surface area contributed by atoms with E-state index >= 15 is 0 Å². The van der Waals surface area contributed by atoms with Crippen molar-refractivity contribution >= 4 is 23.1 Å². The van der Waals surface area contributed by atoms with Crippen LogP contribution in [-0.4, -0.2) is 19.1 Å². The van der Waals surface area contributed by atoms with Gasteiger partial charge in [-0.25, -0.2) is 0 Å². The van der Waals surface area contributed by atoms with Gasteiger partial charge in [0.1, 0.15) is 0 Å². The minimum absolute atomic E-state index is 0.431. The minimum atomic E-state index is 0.431. The molecule has 1 aromatic heterocycles. The topological polar surface area (TPSA) is 60.2 Å². The molecule has 0 aliphatic carbocycles. The van der Waals surface area contributed by atoms with Crippen LogP contribution >= 0.6 is 11.6 Å². The molecular formula is C7H10ClN3O. The van der Waals surface area contributed by atoms with E-state index in [1.165, 1.54) is 7.11 Å². The molecule has 12 heavy (non-hydrogen) atoms. The first-order valence-corrected chi connectivity index (χ1v) is 3.74. The summed E-state index contributed by atoms with van der Waals surface area (Å²) in [6, 6.07) is 1.57. The van der Waals surface area contributed by atoms with Crippen LogP contribution in [0, 0.1) is 0 Å². The first-order valence-electron chi connectivity index (χ1n) is 3.36. The number of nitrogens with one attached hydrogen (secondary N) is 1. The Morgan fingerprint density at radius 2 is 2.33 bits per heavy atom. The Labute approximate surface area is 75.7 Å². The lowest BCUT2D eigenvalue weighted by Crippen LogP contribution is -2.00. The van der Waals surface area contributed by atoms with Gasteiger partial charge in [0.25, 0.3) is 0 Å². The van der Waals surface area contributed by atoms with Gasteiger partial charge in [0.15, 0.2) is 5.82 Å². The van der Waals surface area contributed by atoms with Crippen LogP contribution < -0.4 is 15.8 Å². The fourth-order valence-electron chi connectivity index (χ4n) is 0.797. The van der Waals surface area contributed by atoms with Crippen LogP contribution in [0.1, 0.15) is 0 Å². The van der Waals surface area contributed by atoms with Gasteiger partial charge in [-0.15, -0.1) is 0 Å². The summed E-state index contributed by atoms with van der Waals surface area (Å²) in [5, 5.41) is 3.25. The highest BCUT2D eigenvalue weighted by Gasteiger charge is 2.06. The Hall–Kier alpha value is -1.16. The number of nitrogens with two attached hydrogens (primary N) is 1. The van der Waals surface area contributed by atoms with E-state index in [0.29, 0.717) is 22.4 Å². The molecular weight excluding hydrogens is 178 g/mol. The number of ether oxygens (including phenoxy) is 1. The fourth-order valence-corrected chi connectivity index (χ4v) is 0.980. The molecule has 1 rings (SSSR count). The van der Waals surface area contributed by atoms with Gasteiger partial charge < -0.3 is 15.8 Å². The van der Waals surface area contributed by atoms with Gasteiger partial charge in [0.2, 0.25) is 5.88 Å². The zero-order chi connectivity index (χ0) is 9.14. The van der Waals surface area contributed by atoms with E-state index in [1.54, 1.807) is 13.1 Å². The Bertz CT molecular complexity index is 290. The molecule has 1 heterocycles. The molecule has 0 saturated heterocycles. The van der Waals surface area contributed by atoms with Crippen molar-refractivity contribution in [3.8, 4) is 5.88 Å². The average Bonchev–Trinajstić information content (AvgIpc) is 2.09. The number of halogens is 1. The first-order chi connectivity index (χ1) is 5.69. The van der Waals surface area contributed by atoms with E-state index in [9.17, 15) is 0 Å². The summed E-state index contributed by atoms with van der Waals surface area (Å²) in [6.07, 6.45) is 0. The van der Waals surface area contributed by atoms with Crippen molar-refractivity contribution in [3.05, 3.63) is 11.1 Å². The molecule has 0 saturated carbocycles. The largest absolute Gasteiger partial charge is 0.481 e. The van der Waals surface area contributed by atoms with Crippen LogP contribution in [0.15, 0.2) is 6.07 Å². The van der Waals surface area contributed by atoms with E-state index < -0.39 is 0 Å². The van der Waals surface area contributed by atoms with Gasteiger partial charge in [0.05, 0.1) is 17.8 Å². The third-order valence-electron chi connectivity index (χ3n) is 1.43. The van der Waals surface area contributed by atoms with Crippen LogP contribution in [0.3, 0.4) is 0 Å². The predicted molar refractivity (Wildman–Crippen MR) is 49.8 cm³/mol. The quantitative estimate of drug-likeness (QED) is 0.734. The second-order valence-corrected chi connectivity index (χ2v) is 2.57. The van der Waals surface area contributed by atoms with Crippen LogP contribution in [0.5, 0.6) is 5.88 Å². The number of hydrogen-bond donors (Lipinski definition) is 2.